The Morgan fingerprint density at radius 1 is 1.31 bits per heavy atom. The van der Waals surface area contributed by atoms with Crippen molar-refractivity contribution < 1.29 is 8.42 Å². The van der Waals surface area contributed by atoms with E-state index in [2.05, 4.69) is 0 Å². The fourth-order valence-electron chi connectivity index (χ4n) is 1.41. The van der Waals surface area contributed by atoms with Gasteiger partial charge in [-0.3, -0.25) is 0 Å². The SMILES string of the molecule is CCCN(Cc1ccccc1N)S(N)(=O)=O. The van der Waals surface area contributed by atoms with Crippen LogP contribution in [-0.4, -0.2) is 19.3 Å². The molecule has 0 aromatic heterocycles. The molecule has 0 saturated heterocycles. The molecule has 1 aromatic rings. The van der Waals surface area contributed by atoms with E-state index < -0.39 is 10.2 Å². The summed E-state index contributed by atoms with van der Waals surface area (Å²) in [5.41, 5.74) is 7.09. The van der Waals surface area contributed by atoms with E-state index in [-0.39, 0.29) is 6.54 Å². The monoisotopic (exact) mass is 243 g/mol. The first-order chi connectivity index (χ1) is 7.45. The van der Waals surface area contributed by atoms with Gasteiger partial charge >= 0.3 is 0 Å². The van der Waals surface area contributed by atoms with Gasteiger partial charge in [0.25, 0.3) is 10.2 Å². The highest BCUT2D eigenvalue weighted by molar-refractivity contribution is 7.86. The largest absolute Gasteiger partial charge is 0.398 e. The standard InChI is InChI=1S/C10H17N3O2S/c1-2-7-13(16(12,14)15)8-9-5-3-4-6-10(9)11/h3-6H,2,7-8,11H2,1H3,(H2,12,14,15). The smallest absolute Gasteiger partial charge is 0.277 e. The Morgan fingerprint density at radius 2 is 1.94 bits per heavy atom. The summed E-state index contributed by atoms with van der Waals surface area (Å²) in [5.74, 6) is 0. The normalized spacial score (nSPS) is 11.9. The van der Waals surface area contributed by atoms with Gasteiger partial charge in [-0.1, -0.05) is 25.1 Å². The van der Waals surface area contributed by atoms with Crippen molar-refractivity contribution in [3.05, 3.63) is 29.8 Å². The van der Waals surface area contributed by atoms with Crippen LogP contribution in [0.1, 0.15) is 18.9 Å². The number of hydrogen-bond acceptors (Lipinski definition) is 3. The lowest BCUT2D eigenvalue weighted by atomic mass is 10.2. The molecular weight excluding hydrogens is 226 g/mol. The molecule has 4 N–H and O–H groups in total. The zero-order valence-corrected chi connectivity index (χ0v) is 10.1. The highest BCUT2D eigenvalue weighted by Gasteiger charge is 2.17. The van der Waals surface area contributed by atoms with Crippen molar-refractivity contribution >= 4 is 15.9 Å². The lowest BCUT2D eigenvalue weighted by Crippen LogP contribution is -2.36. The molecule has 0 saturated carbocycles. The van der Waals surface area contributed by atoms with Crippen LogP contribution in [0.2, 0.25) is 0 Å². The zero-order valence-electron chi connectivity index (χ0n) is 9.26. The predicted molar refractivity (Wildman–Crippen MR) is 64.7 cm³/mol. The van der Waals surface area contributed by atoms with Crippen molar-refractivity contribution in [3.63, 3.8) is 0 Å². The second kappa shape index (κ2) is 5.29. The fraction of sp³-hybridized carbons (Fsp3) is 0.400. The summed E-state index contributed by atoms with van der Waals surface area (Å²) in [5, 5.41) is 5.12. The lowest BCUT2D eigenvalue weighted by molar-refractivity contribution is 0.407. The van der Waals surface area contributed by atoms with Gasteiger partial charge in [0, 0.05) is 18.8 Å². The number of rotatable bonds is 5. The molecule has 0 unspecified atom stereocenters. The zero-order chi connectivity index (χ0) is 12.2. The molecular formula is C10H17N3O2S. The van der Waals surface area contributed by atoms with Crippen molar-refractivity contribution in [2.45, 2.75) is 19.9 Å². The van der Waals surface area contributed by atoms with E-state index >= 15 is 0 Å². The number of anilines is 1. The molecule has 0 heterocycles. The van der Waals surface area contributed by atoms with Crippen LogP contribution in [0.25, 0.3) is 0 Å². The second-order valence-corrected chi connectivity index (χ2v) is 5.12. The van der Waals surface area contributed by atoms with Gasteiger partial charge in [-0.25, -0.2) is 5.14 Å². The third kappa shape index (κ3) is 3.48. The fourth-order valence-corrected chi connectivity index (χ4v) is 2.17. The molecule has 16 heavy (non-hydrogen) atoms. The van der Waals surface area contributed by atoms with E-state index in [1.54, 1.807) is 18.2 Å². The van der Waals surface area contributed by atoms with E-state index in [1.165, 1.54) is 4.31 Å². The number of nitrogens with two attached hydrogens (primary N) is 2. The molecule has 1 rings (SSSR count). The highest BCUT2D eigenvalue weighted by Crippen LogP contribution is 2.14. The summed E-state index contributed by atoms with van der Waals surface area (Å²) in [6, 6.07) is 7.16. The number of nitrogen functional groups attached to an aromatic ring is 1. The van der Waals surface area contributed by atoms with Gasteiger partial charge in [0.05, 0.1) is 0 Å². The van der Waals surface area contributed by atoms with Gasteiger partial charge in [0.2, 0.25) is 0 Å². The minimum Gasteiger partial charge on any atom is -0.398 e. The topological polar surface area (TPSA) is 89.4 Å². The molecule has 0 aliphatic carbocycles. The average molecular weight is 243 g/mol. The molecule has 5 nitrogen and oxygen atoms in total. The summed E-state index contributed by atoms with van der Waals surface area (Å²) in [6.45, 7) is 2.51. The van der Waals surface area contributed by atoms with Crippen molar-refractivity contribution in [2.75, 3.05) is 12.3 Å². The molecule has 0 spiro atoms. The quantitative estimate of drug-likeness (QED) is 0.745. The van der Waals surface area contributed by atoms with E-state index in [9.17, 15) is 8.42 Å². The first kappa shape index (κ1) is 13.0. The maximum absolute atomic E-state index is 11.3. The summed E-state index contributed by atoms with van der Waals surface area (Å²) in [4.78, 5) is 0. The first-order valence-corrected chi connectivity index (χ1v) is 6.56. The van der Waals surface area contributed by atoms with E-state index in [0.29, 0.717) is 18.7 Å². The van der Waals surface area contributed by atoms with Crippen molar-refractivity contribution in [2.24, 2.45) is 5.14 Å². The summed E-state index contributed by atoms with van der Waals surface area (Å²) in [7, 11) is -3.66. The number of benzene rings is 1. The molecule has 0 aliphatic rings. The Bertz CT molecular complexity index is 445. The molecule has 0 amide bonds. The third-order valence-electron chi connectivity index (χ3n) is 2.23. The van der Waals surface area contributed by atoms with Gasteiger partial charge in [-0.05, 0) is 18.1 Å². The van der Waals surface area contributed by atoms with Crippen molar-refractivity contribution in [1.29, 1.82) is 0 Å². The number of nitrogens with zero attached hydrogens (tertiary/aromatic N) is 1. The summed E-state index contributed by atoms with van der Waals surface area (Å²) >= 11 is 0. The van der Waals surface area contributed by atoms with Crippen LogP contribution in [0.15, 0.2) is 24.3 Å². The van der Waals surface area contributed by atoms with Gasteiger partial charge in [-0.15, -0.1) is 0 Å². The van der Waals surface area contributed by atoms with Gasteiger partial charge in [0.15, 0.2) is 0 Å². The van der Waals surface area contributed by atoms with E-state index in [0.717, 1.165) is 5.56 Å². The minimum absolute atomic E-state index is 0.222. The molecule has 6 heteroatoms. The maximum atomic E-state index is 11.3. The van der Waals surface area contributed by atoms with E-state index in [1.807, 2.05) is 13.0 Å². The Labute approximate surface area is 96.2 Å². The Hall–Kier alpha value is -1.11. The molecule has 0 aliphatic heterocycles. The predicted octanol–water partition coefficient (Wildman–Crippen LogP) is 0.684. The average Bonchev–Trinajstić information content (AvgIpc) is 2.19. The molecule has 90 valence electrons. The molecule has 1 aromatic carbocycles. The lowest BCUT2D eigenvalue weighted by Gasteiger charge is -2.19. The summed E-state index contributed by atoms with van der Waals surface area (Å²) in [6.07, 6.45) is 0.711. The molecule has 0 radical (unpaired) electrons. The van der Waals surface area contributed by atoms with Gasteiger partial charge < -0.3 is 5.73 Å². The molecule has 0 fully saturated rings. The number of para-hydroxylation sites is 1. The third-order valence-corrected chi connectivity index (χ3v) is 3.27. The Kier molecular flexibility index (Phi) is 4.28. The van der Waals surface area contributed by atoms with Gasteiger partial charge in [-0.2, -0.15) is 12.7 Å². The Balaban J connectivity index is 2.89. The van der Waals surface area contributed by atoms with Crippen LogP contribution in [0.3, 0.4) is 0 Å². The minimum atomic E-state index is -3.66. The van der Waals surface area contributed by atoms with Crippen LogP contribution >= 0.6 is 0 Å². The van der Waals surface area contributed by atoms with Crippen LogP contribution in [0, 0.1) is 0 Å². The van der Waals surface area contributed by atoms with Crippen LogP contribution in [0.4, 0.5) is 5.69 Å². The van der Waals surface area contributed by atoms with Crippen LogP contribution in [0.5, 0.6) is 0 Å². The first-order valence-electron chi connectivity index (χ1n) is 5.06. The summed E-state index contributed by atoms with van der Waals surface area (Å²) < 4.78 is 23.8. The maximum Gasteiger partial charge on any atom is 0.277 e. The van der Waals surface area contributed by atoms with Crippen molar-refractivity contribution in [3.8, 4) is 0 Å². The van der Waals surface area contributed by atoms with Gasteiger partial charge in [0.1, 0.15) is 0 Å². The highest BCUT2D eigenvalue weighted by atomic mass is 32.2. The van der Waals surface area contributed by atoms with Crippen LogP contribution in [-0.2, 0) is 16.8 Å². The Morgan fingerprint density at radius 3 is 2.44 bits per heavy atom. The van der Waals surface area contributed by atoms with E-state index in [4.69, 9.17) is 10.9 Å². The molecule has 0 atom stereocenters. The number of hydrogen-bond donors (Lipinski definition) is 2. The van der Waals surface area contributed by atoms with Crippen molar-refractivity contribution in [1.82, 2.24) is 4.31 Å². The second-order valence-electron chi connectivity index (χ2n) is 3.58. The molecule has 0 bridgehead atoms. The van der Waals surface area contributed by atoms with Crippen LogP contribution < -0.4 is 10.9 Å².